The Balaban J connectivity index is 2.89. The zero-order valence-corrected chi connectivity index (χ0v) is 12.5. The molecular weight excluding hydrogens is 265 g/mol. The molecule has 1 N–H and O–H groups in total. The van der Waals surface area contributed by atoms with Gasteiger partial charge in [0, 0.05) is 12.1 Å². The van der Waals surface area contributed by atoms with Crippen LogP contribution in [0.4, 0.5) is 13.2 Å². The summed E-state index contributed by atoms with van der Waals surface area (Å²) in [4.78, 5) is 1.45. The molecule has 5 heteroatoms. The number of rotatable bonds is 6. The highest BCUT2D eigenvalue weighted by atomic mass is 19.4. The second-order valence-electron chi connectivity index (χ2n) is 5.10. The van der Waals surface area contributed by atoms with Crippen LogP contribution in [0.2, 0.25) is 0 Å². The summed E-state index contributed by atoms with van der Waals surface area (Å²) < 4.78 is 37.8. The average molecular weight is 288 g/mol. The van der Waals surface area contributed by atoms with Gasteiger partial charge in [0.05, 0.1) is 6.54 Å². The molecule has 0 aliphatic heterocycles. The van der Waals surface area contributed by atoms with E-state index in [0.29, 0.717) is 6.54 Å². The molecule has 2 nitrogen and oxygen atoms in total. The number of halogens is 3. The van der Waals surface area contributed by atoms with Crippen molar-refractivity contribution in [3.05, 3.63) is 35.4 Å². The molecule has 114 valence electrons. The number of likely N-dealkylation sites (N-methyl/N-ethyl adjacent to an activating group) is 2. The van der Waals surface area contributed by atoms with Crippen LogP contribution < -0.4 is 5.32 Å². The molecule has 0 amide bonds. The van der Waals surface area contributed by atoms with Crippen molar-refractivity contribution in [2.75, 3.05) is 20.1 Å². The van der Waals surface area contributed by atoms with E-state index in [-0.39, 0.29) is 12.1 Å². The fourth-order valence-electron chi connectivity index (χ4n) is 2.45. The van der Waals surface area contributed by atoms with Crippen molar-refractivity contribution in [2.45, 2.75) is 39.0 Å². The first-order valence-electron chi connectivity index (χ1n) is 6.83. The zero-order chi connectivity index (χ0) is 15.3. The van der Waals surface area contributed by atoms with Crippen molar-refractivity contribution in [2.24, 2.45) is 0 Å². The summed E-state index contributed by atoms with van der Waals surface area (Å²) in [5.41, 5.74) is 2.14. The summed E-state index contributed by atoms with van der Waals surface area (Å²) in [6, 6.07) is 7.52. The third-order valence-corrected chi connectivity index (χ3v) is 3.59. The van der Waals surface area contributed by atoms with E-state index < -0.39 is 12.7 Å². The van der Waals surface area contributed by atoms with Crippen LogP contribution in [0, 0.1) is 6.92 Å². The molecule has 0 aliphatic rings. The maximum absolute atomic E-state index is 12.6. The van der Waals surface area contributed by atoms with Crippen LogP contribution in [-0.2, 0) is 0 Å². The van der Waals surface area contributed by atoms with Crippen molar-refractivity contribution in [3.63, 3.8) is 0 Å². The summed E-state index contributed by atoms with van der Waals surface area (Å²) in [6.45, 7) is 5.06. The van der Waals surface area contributed by atoms with E-state index in [2.05, 4.69) is 5.32 Å². The molecule has 0 saturated carbocycles. The van der Waals surface area contributed by atoms with E-state index in [4.69, 9.17) is 0 Å². The van der Waals surface area contributed by atoms with Crippen molar-refractivity contribution in [3.8, 4) is 0 Å². The number of benzene rings is 1. The highest BCUT2D eigenvalue weighted by molar-refractivity contribution is 5.25. The van der Waals surface area contributed by atoms with Crippen LogP contribution in [0.1, 0.15) is 31.0 Å². The average Bonchev–Trinajstić information content (AvgIpc) is 2.37. The lowest BCUT2D eigenvalue weighted by Crippen LogP contribution is -2.46. The van der Waals surface area contributed by atoms with E-state index >= 15 is 0 Å². The van der Waals surface area contributed by atoms with Crippen LogP contribution in [0.5, 0.6) is 0 Å². The van der Waals surface area contributed by atoms with Crippen molar-refractivity contribution in [1.29, 1.82) is 0 Å². The first-order valence-corrected chi connectivity index (χ1v) is 6.83. The monoisotopic (exact) mass is 288 g/mol. The topological polar surface area (TPSA) is 15.3 Å². The molecule has 0 fully saturated rings. The molecule has 0 bridgehead atoms. The Morgan fingerprint density at radius 1 is 1.20 bits per heavy atom. The fraction of sp³-hybridized carbons (Fsp3) is 0.600. The molecule has 0 heterocycles. The lowest BCUT2D eigenvalue weighted by Gasteiger charge is -2.34. The summed E-state index contributed by atoms with van der Waals surface area (Å²) in [5.74, 6) is 0. The highest BCUT2D eigenvalue weighted by Crippen LogP contribution is 2.24. The predicted molar refractivity (Wildman–Crippen MR) is 75.7 cm³/mol. The SMILES string of the molecule is CCN(CC(F)(F)F)C(C)C(NC)c1ccc(C)cc1. The van der Waals surface area contributed by atoms with Gasteiger partial charge in [0.2, 0.25) is 0 Å². The summed E-state index contributed by atoms with van der Waals surface area (Å²) in [6.07, 6.45) is -4.17. The molecule has 2 atom stereocenters. The molecular formula is C15H23F3N2. The quantitative estimate of drug-likeness (QED) is 0.861. The van der Waals surface area contributed by atoms with Crippen molar-refractivity contribution in [1.82, 2.24) is 10.2 Å². The lowest BCUT2D eigenvalue weighted by atomic mass is 9.98. The first-order chi connectivity index (χ1) is 9.28. The fourth-order valence-corrected chi connectivity index (χ4v) is 2.45. The standard InChI is InChI=1S/C15H23F3N2/c1-5-20(10-15(16,17)18)12(3)14(19-4)13-8-6-11(2)7-9-13/h6-9,12,14,19H,5,10H2,1-4H3. The highest BCUT2D eigenvalue weighted by Gasteiger charge is 2.34. The Labute approximate surface area is 119 Å². The number of aryl methyl sites for hydroxylation is 1. The van der Waals surface area contributed by atoms with Gasteiger partial charge in [-0.15, -0.1) is 0 Å². The predicted octanol–water partition coefficient (Wildman–Crippen LogP) is 3.53. The third kappa shape index (κ3) is 4.80. The molecule has 1 rings (SSSR count). The van der Waals surface area contributed by atoms with E-state index in [9.17, 15) is 13.2 Å². The molecule has 2 unspecified atom stereocenters. The van der Waals surface area contributed by atoms with Crippen molar-refractivity contribution >= 4 is 0 Å². The summed E-state index contributed by atoms with van der Waals surface area (Å²) >= 11 is 0. The smallest absolute Gasteiger partial charge is 0.312 e. The van der Waals surface area contributed by atoms with Gasteiger partial charge in [-0.2, -0.15) is 13.2 Å². The van der Waals surface area contributed by atoms with E-state index in [1.165, 1.54) is 4.90 Å². The van der Waals surface area contributed by atoms with Gasteiger partial charge in [0.15, 0.2) is 0 Å². The van der Waals surface area contributed by atoms with Crippen LogP contribution in [0.25, 0.3) is 0 Å². The number of nitrogens with zero attached hydrogens (tertiary/aromatic N) is 1. The number of hydrogen-bond donors (Lipinski definition) is 1. The Hall–Kier alpha value is -1.07. The van der Waals surface area contributed by atoms with Gasteiger partial charge in [-0.3, -0.25) is 4.90 Å². The normalized spacial score (nSPS) is 15.4. The van der Waals surface area contributed by atoms with Crippen LogP contribution >= 0.6 is 0 Å². The van der Waals surface area contributed by atoms with Crippen LogP contribution in [0.3, 0.4) is 0 Å². The molecule has 1 aromatic carbocycles. The molecule has 0 radical (unpaired) electrons. The molecule has 20 heavy (non-hydrogen) atoms. The summed E-state index contributed by atoms with van der Waals surface area (Å²) in [7, 11) is 1.78. The van der Waals surface area contributed by atoms with Gasteiger partial charge in [-0.05, 0) is 33.0 Å². The second kappa shape index (κ2) is 7.09. The van der Waals surface area contributed by atoms with E-state index in [1.807, 2.05) is 38.1 Å². The maximum atomic E-state index is 12.6. The molecule has 0 spiro atoms. The van der Waals surface area contributed by atoms with Crippen molar-refractivity contribution < 1.29 is 13.2 Å². The minimum Gasteiger partial charge on any atom is -0.312 e. The van der Waals surface area contributed by atoms with Gasteiger partial charge in [-0.25, -0.2) is 0 Å². The first kappa shape index (κ1) is 17.0. The van der Waals surface area contributed by atoms with Crippen LogP contribution in [-0.4, -0.2) is 37.3 Å². The van der Waals surface area contributed by atoms with Gasteiger partial charge in [0.1, 0.15) is 0 Å². The minimum atomic E-state index is -4.17. The second-order valence-corrected chi connectivity index (χ2v) is 5.10. The largest absolute Gasteiger partial charge is 0.401 e. The van der Waals surface area contributed by atoms with Gasteiger partial charge in [-0.1, -0.05) is 36.8 Å². The third-order valence-electron chi connectivity index (χ3n) is 3.59. The number of hydrogen-bond acceptors (Lipinski definition) is 2. The van der Waals surface area contributed by atoms with E-state index in [1.54, 1.807) is 14.0 Å². The Morgan fingerprint density at radius 2 is 1.75 bits per heavy atom. The number of alkyl halides is 3. The lowest BCUT2D eigenvalue weighted by molar-refractivity contribution is -0.150. The Bertz CT molecular complexity index is 401. The zero-order valence-electron chi connectivity index (χ0n) is 12.5. The molecule has 0 aliphatic carbocycles. The summed E-state index contributed by atoms with van der Waals surface area (Å²) in [5, 5.41) is 3.13. The van der Waals surface area contributed by atoms with Crippen LogP contribution in [0.15, 0.2) is 24.3 Å². The number of nitrogens with one attached hydrogen (secondary N) is 1. The molecule has 0 aromatic heterocycles. The Kier molecular flexibility index (Phi) is 6.02. The Morgan fingerprint density at radius 3 is 2.15 bits per heavy atom. The van der Waals surface area contributed by atoms with Gasteiger partial charge < -0.3 is 5.32 Å². The molecule has 0 saturated heterocycles. The van der Waals surface area contributed by atoms with E-state index in [0.717, 1.165) is 11.1 Å². The minimum absolute atomic E-state index is 0.127. The maximum Gasteiger partial charge on any atom is 0.401 e. The van der Waals surface area contributed by atoms with Gasteiger partial charge >= 0.3 is 6.18 Å². The molecule has 1 aromatic rings. The van der Waals surface area contributed by atoms with Gasteiger partial charge in [0.25, 0.3) is 0 Å².